The molecule has 0 amide bonds. The van der Waals surface area contributed by atoms with Gasteiger partial charge >= 0.3 is 0 Å². The van der Waals surface area contributed by atoms with Crippen molar-refractivity contribution in [3.63, 3.8) is 0 Å². The topological polar surface area (TPSA) is 64.0 Å². The van der Waals surface area contributed by atoms with E-state index in [2.05, 4.69) is 32.3 Å². The third-order valence-corrected chi connectivity index (χ3v) is 3.99. The van der Waals surface area contributed by atoms with E-state index in [1.807, 2.05) is 24.3 Å². The number of rotatable bonds is 4. The molecule has 0 saturated carbocycles. The van der Waals surface area contributed by atoms with Crippen LogP contribution >= 0.6 is 12.2 Å². The van der Waals surface area contributed by atoms with Gasteiger partial charge in [-0.15, -0.1) is 0 Å². The maximum absolute atomic E-state index is 5.89. The van der Waals surface area contributed by atoms with E-state index in [1.165, 1.54) is 0 Å². The third-order valence-electron chi connectivity index (χ3n) is 3.90. The first-order valence-corrected chi connectivity index (χ1v) is 8.10. The minimum absolute atomic E-state index is 0.460. The summed E-state index contributed by atoms with van der Waals surface area (Å²) in [5.41, 5.74) is 2.09. The van der Waals surface area contributed by atoms with Crippen molar-refractivity contribution in [1.29, 1.82) is 0 Å². The van der Waals surface area contributed by atoms with Crippen LogP contribution in [0.1, 0.15) is 5.76 Å². The van der Waals surface area contributed by atoms with E-state index >= 15 is 0 Å². The Bertz CT molecular complexity index is 905. The van der Waals surface area contributed by atoms with Crippen molar-refractivity contribution in [2.24, 2.45) is 4.99 Å². The highest BCUT2D eigenvalue weighted by atomic mass is 32.1. The van der Waals surface area contributed by atoms with E-state index in [0.717, 1.165) is 38.6 Å². The number of isothiocyanates is 1. The largest absolute Gasteiger partial charge is 0.455 e. The fourth-order valence-corrected chi connectivity index (χ4v) is 2.81. The maximum Gasteiger partial charge on any atom is 0.263 e. The Morgan fingerprint density at radius 2 is 2.04 bits per heavy atom. The summed E-state index contributed by atoms with van der Waals surface area (Å²) in [5.74, 6) is 1.97. The van der Waals surface area contributed by atoms with Crippen molar-refractivity contribution >= 4 is 34.2 Å². The lowest BCUT2D eigenvalue weighted by Crippen LogP contribution is -2.35. The average Bonchev–Trinajstić information content (AvgIpc) is 3.22. The number of furan rings is 1. The zero-order valence-corrected chi connectivity index (χ0v) is 13.7. The van der Waals surface area contributed by atoms with Gasteiger partial charge in [0, 0.05) is 13.1 Å². The van der Waals surface area contributed by atoms with Crippen LogP contribution in [0.2, 0.25) is 0 Å². The molecule has 4 rings (SSSR count). The van der Waals surface area contributed by atoms with Gasteiger partial charge in [-0.05, 0) is 42.5 Å². The minimum atomic E-state index is 0.460. The molecular formula is C17H15N3O3S. The zero-order chi connectivity index (χ0) is 16.4. The molecule has 1 aromatic carbocycles. The van der Waals surface area contributed by atoms with Gasteiger partial charge < -0.3 is 13.6 Å². The standard InChI is InChI=1S/C17H15N3O3S/c24-11-18-12-1-3-15-14(9-12)19-17(23-15)16-4-2-13(22-16)10-20-5-7-21-8-6-20/h1-4,9H,5-8,10H2. The van der Waals surface area contributed by atoms with Crippen molar-refractivity contribution in [3.05, 3.63) is 36.1 Å². The monoisotopic (exact) mass is 341 g/mol. The molecular weight excluding hydrogens is 326 g/mol. The molecule has 1 aliphatic heterocycles. The lowest BCUT2D eigenvalue weighted by molar-refractivity contribution is 0.0314. The summed E-state index contributed by atoms with van der Waals surface area (Å²) in [5, 5.41) is 2.35. The lowest BCUT2D eigenvalue weighted by atomic mass is 10.3. The van der Waals surface area contributed by atoms with E-state index in [1.54, 1.807) is 6.07 Å². The number of morpholine rings is 1. The number of oxazole rings is 1. The summed E-state index contributed by atoms with van der Waals surface area (Å²) in [4.78, 5) is 10.7. The van der Waals surface area contributed by atoms with Crippen LogP contribution in [-0.4, -0.2) is 41.3 Å². The molecule has 0 unspecified atom stereocenters. The van der Waals surface area contributed by atoms with Crippen molar-refractivity contribution in [1.82, 2.24) is 9.88 Å². The molecule has 1 saturated heterocycles. The highest BCUT2D eigenvalue weighted by molar-refractivity contribution is 7.78. The Morgan fingerprint density at radius 1 is 1.17 bits per heavy atom. The number of fused-ring (bicyclic) bond motifs is 1. The number of hydrogen-bond acceptors (Lipinski definition) is 7. The molecule has 0 spiro atoms. The Hall–Kier alpha value is -2.31. The van der Waals surface area contributed by atoms with Gasteiger partial charge in [-0.1, -0.05) is 0 Å². The summed E-state index contributed by atoms with van der Waals surface area (Å²) in [6.45, 7) is 4.14. The molecule has 2 aromatic heterocycles. The summed E-state index contributed by atoms with van der Waals surface area (Å²) >= 11 is 4.62. The molecule has 1 fully saturated rings. The summed E-state index contributed by atoms with van der Waals surface area (Å²) in [6, 6.07) is 9.27. The number of ether oxygens (including phenoxy) is 1. The maximum atomic E-state index is 5.89. The van der Waals surface area contributed by atoms with Crippen LogP contribution < -0.4 is 0 Å². The Kier molecular flexibility index (Phi) is 4.23. The van der Waals surface area contributed by atoms with E-state index in [4.69, 9.17) is 13.6 Å². The highest BCUT2D eigenvalue weighted by Crippen LogP contribution is 2.28. The van der Waals surface area contributed by atoms with Gasteiger partial charge in [0.1, 0.15) is 11.3 Å². The number of benzene rings is 1. The SMILES string of the molecule is S=C=Nc1ccc2oc(-c3ccc(CN4CCOCC4)o3)nc2c1. The van der Waals surface area contributed by atoms with Crippen LogP contribution in [-0.2, 0) is 11.3 Å². The van der Waals surface area contributed by atoms with E-state index in [0.29, 0.717) is 28.4 Å². The van der Waals surface area contributed by atoms with E-state index < -0.39 is 0 Å². The van der Waals surface area contributed by atoms with Crippen LogP contribution in [0, 0.1) is 0 Å². The van der Waals surface area contributed by atoms with Gasteiger partial charge in [0.2, 0.25) is 0 Å². The normalized spacial score (nSPS) is 15.5. The summed E-state index contributed by atoms with van der Waals surface area (Å²) in [7, 11) is 0. The Balaban J connectivity index is 1.57. The van der Waals surface area contributed by atoms with Crippen molar-refractivity contribution in [2.45, 2.75) is 6.54 Å². The lowest BCUT2D eigenvalue weighted by Gasteiger charge is -2.25. The van der Waals surface area contributed by atoms with Gasteiger partial charge in [0.15, 0.2) is 11.3 Å². The predicted octanol–water partition coefficient (Wildman–Crippen LogP) is 3.65. The molecule has 3 heterocycles. The quantitative estimate of drug-likeness (QED) is 0.533. The van der Waals surface area contributed by atoms with Gasteiger partial charge in [0.05, 0.1) is 30.6 Å². The number of thiocarbonyl (C=S) groups is 1. The third kappa shape index (κ3) is 3.16. The second-order valence-electron chi connectivity index (χ2n) is 5.53. The predicted molar refractivity (Wildman–Crippen MR) is 92.5 cm³/mol. The molecule has 0 aliphatic carbocycles. The molecule has 0 radical (unpaired) electrons. The molecule has 6 nitrogen and oxygen atoms in total. The first kappa shape index (κ1) is 15.2. The smallest absolute Gasteiger partial charge is 0.263 e. The minimum Gasteiger partial charge on any atom is -0.455 e. The fourth-order valence-electron chi connectivity index (χ4n) is 2.70. The van der Waals surface area contributed by atoms with E-state index in [9.17, 15) is 0 Å². The van der Waals surface area contributed by atoms with Gasteiger partial charge in [-0.3, -0.25) is 4.90 Å². The van der Waals surface area contributed by atoms with Crippen LogP contribution in [0.15, 0.2) is 44.2 Å². The molecule has 1 aliphatic rings. The van der Waals surface area contributed by atoms with Gasteiger partial charge in [-0.2, -0.15) is 4.99 Å². The van der Waals surface area contributed by atoms with Crippen molar-refractivity contribution in [3.8, 4) is 11.7 Å². The molecule has 24 heavy (non-hydrogen) atoms. The number of aromatic nitrogens is 1. The Labute approximate surface area is 143 Å². The van der Waals surface area contributed by atoms with Gasteiger partial charge in [0.25, 0.3) is 5.89 Å². The molecule has 3 aromatic rings. The molecule has 122 valence electrons. The first-order chi connectivity index (χ1) is 11.8. The molecule has 0 N–H and O–H groups in total. The Morgan fingerprint density at radius 3 is 2.88 bits per heavy atom. The van der Waals surface area contributed by atoms with Crippen LogP contribution in [0.3, 0.4) is 0 Å². The van der Waals surface area contributed by atoms with Crippen LogP contribution in [0.5, 0.6) is 0 Å². The van der Waals surface area contributed by atoms with Crippen molar-refractivity contribution in [2.75, 3.05) is 26.3 Å². The molecule has 0 atom stereocenters. The molecule has 7 heteroatoms. The summed E-state index contributed by atoms with van der Waals surface area (Å²) < 4.78 is 17.0. The second kappa shape index (κ2) is 6.67. The number of nitrogens with zero attached hydrogens (tertiary/aromatic N) is 3. The van der Waals surface area contributed by atoms with Crippen LogP contribution in [0.25, 0.3) is 22.8 Å². The molecule has 0 bridgehead atoms. The summed E-state index contributed by atoms with van der Waals surface area (Å²) in [6.07, 6.45) is 0. The highest BCUT2D eigenvalue weighted by Gasteiger charge is 2.16. The number of hydrogen-bond donors (Lipinski definition) is 0. The first-order valence-electron chi connectivity index (χ1n) is 7.69. The fraction of sp³-hybridized carbons (Fsp3) is 0.294. The number of aliphatic imine (C=N–C) groups is 1. The van der Waals surface area contributed by atoms with Gasteiger partial charge in [-0.25, -0.2) is 4.98 Å². The average molecular weight is 341 g/mol. The zero-order valence-electron chi connectivity index (χ0n) is 12.9. The van der Waals surface area contributed by atoms with E-state index in [-0.39, 0.29) is 0 Å². The van der Waals surface area contributed by atoms with Crippen molar-refractivity contribution < 1.29 is 13.6 Å². The second-order valence-corrected chi connectivity index (χ2v) is 5.71. The van der Waals surface area contributed by atoms with Crippen LogP contribution in [0.4, 0.5) is 5.69 Å².